The van der Waals surface area contributed by atoms with Crippen molar-refractivity contribution in [1.82, 2.24) is 14.9 Å². The minimum absolute atomic E-state index is 0.00731. The number of aromatic nitrogens is 2. The van der Waals surface area contributed by atoms with E-state index in [2.05, 4.69) is 20.6 Å². The van der Waals surface area contributed by atoms with E-state index in [1.165, 1.54) is 6.92 Å². The molecule has 2 aromatic heterocycles. The van der Waals surface area contributed by atoms with Crippen LogP contribution in [0.5, 0.6) is 0 Å². The Kier molecular flexibility index (Phi) is 5.80. The zero-order valence-corrected chi connectivity index (χ0v) is 18.1. The van der Waals surface area contributed by atoms with Gasteiger partial charge in [0.25, 0.3) is 11.8 Å². The van der Waals surface area contributed by atoms with Crippen LogP contribution < -0.4 is 10.6 Å². The lowest BCUT2D eigenvalue weighted by molar-refractivity contribution is -0.147. The molecule has 15 heteroatoms. The van der Waals surface area contributed by atoms with Gasteiger partial charge in [0.2, 0.25) is 11.9 Å². The van der Waals surface area contributed by atoms with Crippen LogP contribution in [0.3, 0.4) is 0 Å². The predicted molar refractivity (Wildman–Crippen MR) is 112 cm³/mol. The van der Waals surface area contributed by atoms with Crippen molar-refractivity contribution in [3.8, 4) is 0 Å². The van der Waals surface area contributed by atoms with Gasteiger partial charge in [0.05, 0.1) is 30.4 Å². The van der Waals surface area contributed by atoms with Crippen LogP contribution in [0.1, 0.15) is 48.6 Å². The molecule has 2 aliphatic rings. The van der Waals surface area contributed by atoms with Crippen molar-refractivity contribution in [2.75, 3.05) is 17.2 Å². The number of thiophene rings is 1. The average molecular weight is 489 g/mol. The summed E-state index contributed by atoms with van der Waals surface area (Å²) < 4.78 is 5.69. The van der Waals surface area contributed by atoms with Crippen LogP contribution in [0.15, 0.2) is 6.20 Å². The molecule has 4 rings (SSSR count). The number of anilines is 2. The first-order valence-corrected chi connectivity index (χ1v) is 10.4. The molecular weight excluding hydrogens is 474 g/mol. The summed E-state index contributed by atoms with van der Waals surface area (Å²) in [6.45, 7) is 0.955. The van der Waals surface area contributed by atoms with Gasteiger partial charge >= 0.3 is 17.8 Å². The Hall–Kier alpha value is -4.24. The fraction of sp³-hybridized carbons (Fsp3) is 0.263. The smallest absolute Gasteiger partial charge is 0.394 e. The first-order valence-electron chi connectivity index (χ1n) is 9.61. The molecule has 4 N–H and O–H groups in total. The van der Waals surface area contributed by atoms with Crippen LogP contribution in [-0.4, -0.2) is 73.3 Å². The van der Waals surface area contributed by atoms with E-state index in [0.717, 1.165) is 22.4 Å². The highest BCUT2D eigenvalue weighted by molar-refractivity contribution is 7.17. The van der Waals surface area contributed by atoms with E-state index in [9.17, 15) is 33.9 Å². The largest absolute Gasteiger partial charge is 0.478 e. The molecule has 1 atom stereocenters. The summed E-state index contributed by atoms with van der Waals surface area (Å²) in [4.78, 5) is 80.0. The predicted octanol–water partition coefficient (Wildman–Crippen LogP) is -0.0447. The Bertz CT molecular complexity index is 1290. The molecule has 2 aliphatic heterocycles. The summed E-state index contributed by atoms with van der Waals surface area (Å²) in [5, 5.41) is 22.7. The lowest BCUT2D eigenvalue weighted by atomic mass is 10.0. The Morgan fingerprint density at radius 2 is 1.94 bits per heavy atom. The Balaban J connectivity index is 1.55. The van der Waals surface area contributed by atoms with Gasteiger partial charge in [-0.05, 0) is 5.56 Å². The summed E-state index contributed by atoms with van der Waals surface area (Å²) in [6.07, 6.45) is 0.354. The third-order valence-electron chi connectivity index (χ3n) is 4.99. The fourth-order valence-corrected chi connectivity index (χ4v) is 4.71. The van der Waals surface area contributed by atoms with Gasteiger partial charge in [-0.1, -0.05) is 0 Å². The van der Waals surface area contributed by atoms with E-state index in [-0.39, 0.29) is 47.3 Å². The standard InChI is InChI=1S/C19H15N5O9S/c1-6(25)21-19-20-3-9-12(22-19)16(28)24(15(9)27)4-7-2-8-10(5-33-7)34-14(11(8)17(29)30)23-13(26)18(31)32/h3,7H,2,4-5H2,1H3,(H,23,26)(H,29,30)(H,31,32)(H,20,21,22,25). The van der Waals surface area contributed by atoms with Crippen molar-refractivity contribution in [2.24, 2.45) is 0 Å². The highest BCUT2D eigenvalue weighted by Crippen LogP contribution is 2.38. The third kappa shape index (κ3) is 4.08. The maximum absolute atomic E-state index is 12.8. The second kappa shape index (κ2) is 8.60. The molecule has 0 saturated carbocycles. The molecule has 0 saturated heterocycles. The normalized spacial score (nSPS) is 16.6. The topological polar surface area (TPSA) is 205 Å². The Morgan fingerprint density at radius 3 is 2.59 bits per heavy atom. The molecule has 4 amide bonds. The summed E-state index contributed by atoms with van der Waals surface area (Å²) >= 11 is 0.877. The second-order valence-electron chi connectivity index (χ2n) is 7.27. The number of imide groups is 1. The number of amides is 4. The molecule has 14 nitrogen and oxygen atoms in total. The van der Waals surface area contributed by atoms with E-state index in [4.69, 9.17) is 9.84 Å². The van der Waals surface area contributed by atoms with Crippen LogP contribution in [0.25, 0.3) is 0 Å². The van der Waals surface area contributed by atoms with E-state index < -0.39 is 41.7 Å². The number of carboxylic acids is 2. The number of nitrogens with one attached hydrogen (secondary N) is 2. The number of hydrogen-bond donors (Lipinski definition) is 4. The molecule has 0 bridgehead atoms. The highest BCUT2D eigenvalue weighted by atomic mass is 32.1. The first-order chi connectivity index (χ1) is 16.1. The lowest BCUT2D eigenvalue weighted by Crippen LogP contribution is -2.40. The Labute approximate surface area is 193 Å². The first kappa shape index (κ1) is 22.9. The van der Waals surface area contributed by atoms with Crippen LogP contribution >= 0.6 is 11.3 Å². The molecule has 2 aromatic rings. The van der Waals surface area contributed by atoms with Gasteiger partial charge in [0.1, 0.15) is 10.7 Å². The summed E-state index contributed by atoms with van der Waals surface area (Å²) in [6, 6.07) is 0. The van der Waals surface area contributed by atoms with Gasteiger partial charge in [0, 0.05) is 24.4 Å². The number of carbonyl (C=O) groups excluding carboxylic acids is 4. The molecule has 0 aliphatic carbocycles. The zero-order chi connectivity index (χ0) is 24.7. The van der Waals surface area contributed by atoms with Crippen molar-refractivity contribution in [3.05, 3.63) is 33.5 Å². The van der Waals surface area contributed by atoms with E-state index in [0.29, 0.717) is 10.4 Å². The highest BCUT2D eigenvalue weighted by Gasteiger charge is 2.40. The minimum atomic E-state index is -1.77. The van der Waals surface area contributed by atoms with E-state index >= 15 is 0 Å². The van der Waals surface area contributed by atoms with Gasteiger partial charge < -0.3 is 20.3 Å². The SMILES string of the molecule is CC(=O)Nc1ncc2c(n1)C(=O)N(CC1Cc3c(sc(NC(=O)C(=O)O)c3C(=O)O)CO1)C2=O. The summed E-state index contributed by atoms with van der Waals surface area (Å²) in [5.74, 6) is -6.50. The molecule has 34 heavy (non-hydrogen) atoms. The van der Waals surface area contributed by atoms with Crippen molar-refractivity contribution in [2.45, 2.75) is 26.1 Å². The fourth-order valence-electron chi connectivity index (χ4n) is 3.57. The maximum atomic E-state index is 12.8. The number of aromatic carboxylic acids is 1. The van der Waals surface area contributed by atoms with Crippen LogP contribution in [-0.2, 0) is 32.1 Å². The van der Waals surface area contributed by atoms with Gasteiger partial charge in [-0.3, -0.25) is 29.4 Å². The van der Waals surface area contributed by atoms with Crippen LogP contribution in [0.4, 0.5) is 10.9 Å². The molecule has 0 fully saturated rings. The van der Waals surface area contributed by atoms with Crippen LogP contribution in [0.2, 0.25) is 0 Å². The number of aliphatic carboxylic acids is 1. The zero-order valence-electron chi connectivity index (χ0n) is 17.3. The van der Waals surface area contributed by atoms with Gasteiger partial charge in [0.15, 0.2) is 0 Å². The van der Waals surface area contributed by atoms with Crippen molar-refractivity contribution in [3.63, 3.8) is 0 Å². The van der Waals surface area contributed by atoms with E-state index in [1.807, 2.05) is 0 Å². The molecule has 176 valence electrons. The van der Waals surface area contributed by atoms with Gasteiger partial charge in [-0.15, -0.1) is 11.3 Å². The number of carboxylic acid groups (broad SMARTS) is 2. The van der Waals surface area contributed by atoms with Gasteiger partial charge in [-0.25, -0.2) is 19.6 Å². The number of fused-ring (bicyclic) bond motifs is 2. The number of rotatable bonds is 5. The second-order valence-corrected chi connectivity index (χ2v) is 8.37. The van der Waals surface area contributed by atoms with Crippen molar-refractivity contribution in [1.29, 1.82) is 0 Å². The van der Waals surface area contributed by atoms with E-state index in [1.54, 1.807) is 0 Å². The molecule has 0 spiro atoms. The third-order valence-corrected chi connectivity index (χ3v) is 6.11. The number of nitrogens with zero attached hydrogens (tertiary/aromatic N) is 3. The molecule has 0 aromatic carbocycles. The summed E-state index contributed by atoms with van der Waals surface area (Å²) in [7, 11) is 0. The lowest BCUT2D eigenvalue weighted by Gasteiger charge is -2.26. The molecule has 1 unspecified atom stereocenters. The summed E-state index contributed by atoms with van der Waals surface area (Å²) in [5.41, 5.74) is -0.174. The monoisotopic (exact) mass is 489 g/mol. The minimum Gasteiger partial charge on any atom is -0.478 e. The van der Waals surface area contributed by atoms with Crippen molar-refractivity contribution < 1.29 is 43.7 Å². The van der Waals surface area contributed by atoms with Crippen LogP contribution in [0, 0.1) is 0 Å². The number of ether oxygens (including phenoxy) is 1. The number of carbonyl (C=O) groups is 6. The van der Waals surface area contributed by atoms with Gasteiger partial charge in [-0.2, -0.15) is 0 Å². The quantitative estimate of drug-likeness (QED) is 0.324. The average Bonchev–Trinajstić information content (AvgIpc) is 3.23. The van der Waals surface area contributed by atoms with Crippen molar-refractivity contribution >= 4 is 57.9 Å². The molecule has 0 radical (unpaired) electrons. The molecular formula is C19H15N5O9S. The molecule has 4 heterocycles. The Morgan fingerprint density at radius 1 is 1.21 bits per heavy atom. The number of hydrogen-bond acceptors (Lipinski definition) is 10. The maximum Gasteiger partial charge on any atom is 0.394 e.